The molecule has 0 fully saturated rings. The number of ether oxygens (including phenoxy) is 2. The number of rotatable bonds is 9. The van der Waals surface area contributed by atoms with Crippen molar-refractivity contribution in [3.63, 3.8) is 0 Å². The Labute approximate surface area is 178 Å². The Hall–Kier alpha value is -3.47. The van der Waals surface area contributed by atoms with Crippen LogP contribution in [0.25, 0.3) is 0 Å². The van der Waals surface area contributed by atoms with Crippen LogP contribution in [-0.2, 0) is 4.79 Å². The molecule has 30 heavy (non-hydrogen) atoms. The van der Waals surface area contributed by atoms with Crippen LogP contribution in [0.3, 0.4) is 0 Å². The summed E-state index contributed by atoms with van der Waals surface area (Å²) in [4.78, 5) is 12.4. The molecule has 3 aromatic rings. The van der Waals surface area contributed by atoms with E-state index in [0.717, 1.165) is 34.0 Å². The number of nitrogens with one attached hydrogen (secondary N) is 2. The van der Waals surface area contributed by atoms with Gasteiger partial charge in [-0.3, -0.25) is 4.79 Å². The first-order valence-electron chi connectivity index (χ1n) is 10.0. The quantitative estimate of drug-likeness (QED) is 0.486. The molecule has 5 nitrogen and oxygen atoms in total. The molecule has 0 saturated carbocycles. The number of anilines is 2. The molecule has 0 aromatic heterocycles. The molecule has 0 bridgehead atoms. The molecular weight excluding hydrogens is 376 g/mol. The van der Waals surface area contributed by atoms with Gasteiger partial charge in [0.1, 0.15) is 24.7 Å². The van der Waals surface area contributed by atoms with Crippen LogP contribution >= 0.6 is 0 Å². The van der Waals surface area contributed by atoms with E-state index in [4.69, 9.17) is 9.47 Å². The number of carbonyl (C=O) groups excluding carboxylic acids is 1. The molecule has 0 aliphatic heterocycles. The molecule has 0 atom stereocenters. The normalized spacial score (nSPS) is 10.4. The molecule has 1 amide bonds. The van der Waals surface area contributed by atoms with Crippen molar-refractivity contribution in [2.45, 2.75) is 20.8 Å². The van der Waals surface area contributed by atoms with E-state index in [0.29, 0.717) is 13.2 Å². The molecule has 0 saturated heterocycles. The maximum absolute atomic E-state index is 12.4. The van der Waals surface area contributed by atoms with Crippen LogP contribution in [0, 0.1) is 20.8 Å². The van der Waals surface area contributed by atoms with Crippen LogP contribution < -0.4 is 20.1 Å². The van der Waals surface area contributed by atoms with Gasteiger partial charge in [-0.05, 0) is 56.2 Å². The minimum absolute atomic E-state index is 0.0902. The Bertz CT molecular complexity index is 964. The highest BCUT2D eigenvalue weighted by atomic mass is 16.5. The van der Waals surface area contributed by atoms with Crippen LogP contribution in [0.15, 0.2) is 66.7 Å². The molecular formula is C25H28N2O3. The average molecular weight is 405 g/mol. The van der Waals surface area contributed by atoms with E-state index in [1.54, 1.807) is 0 Å². The first-order chi connectivity index (χ1) is 14.5. The summed E-state index contributed by atoms with van der Waals surface area (Å²) >= 11 is 0. The fourth-order valence-corrected chi connectivity index (χ4v) is 3.27. The molecule has 0 heterocycles. The van der Waals surface area contributed by atoms with Gasteiger partial charge >= 0.3 is 0 Å². The summed E-state index contributed by atoms with van der Waals surface area (Å²) < 4.78 is 11.4. The Morgan fingerprint density at radius 2 is 1.43 bits per heavy atom. The van der Waals surface area contributed by atoms with Crippen molar-refractivity contribution in [2.24, 2.45) is 0 Å². The highest BCUT2D eigenvalue weighted by Crippen LogP contribution is 2.22. The summed E-state index contributed by atoms with van der Waals surface area (Å²) in [6, 6.07) is 21.3. The van der Waals surface area contributed by atoms with Crippen molar-refractivity contribution in [1.82, 2.24) is 0 Å². The second kappa shape index (κ2) is 10.3. The fraction of sp³-hybridized carbons (Fsp3) is 0.240. The van der Waals surface area contributed by atoms with Crippen molar-refractivity contribution >= 4 is 17.3 Å². The Morgan fingerprint density at radius 1 is 0.800 bits per heavy atom. The molecule has 5 heteroatoms. The number of hydrogen-bond acceptors (Lipinski definition) is 4. The first kappa shape index (κ1) is 21.2. The summed E-state index contributed by atoms with van der Waals surface area (Å²) in [5.41, 5.74) is 5.02. The standard InChI is InChI=1S/C25H28N2O3/c1-18-14-19(2)25(20(3)15-18)27-24(28)17-26-21-8-7-11-23(16-21)30-13-12-29-22-9-5-4-6-10-22/h4-11,14-16,26H,12-13,17H2,1-3H3,(H,27,28). The molecule has 0 radical (unpaired) electrons. The van der Waals surface area contributed by atoms with E-state index in [9.17, 15) is 4.79 Å². The lowest BCUT2D eigenvalue weighted by Gasteiger charge is -2.14. The van der Waals surface area contributed by atoms with Gasteiger partial charge in [0.2, 0.25) is 5.91 Å². The number of amides is 1. The van der Waals surface area contributed by atoms with Crippen LogP contribution in [0.1, 0.15) is 16.7 Å². The predicted molar refractivity (Wildman–Crippen MR) is 122 cm³/mol. The minimum atomic E-state index is -0.0902. The largest absolute Gasteiger partial charge is 0.490 e. The van der Waals surface area contributed by atoms with Crippen molar-refractivity contribution in [3.8, 4) is 11.5 Å². The van der Waals surface area contributed by atoms with Gasteiger partial charge in [0, 0.05) is 17.4 Å². The molecule has 0 spiro atoms. The maximum Gasteiger partial charge on any atom is 0.243 e. The van der Waals surface area contributed by atoms with E-state index in [1.165, 1.54) is 5.56 Å². The van der Waals surface area contributed by atoms with Crippen LogP contribution in [0.4, 0.5) is 11.4 Å². The molecule has 156 valence electrons. The third kappa shape index (κ3) is 6.27. The van der Waals surface area contributed by atoms with E-state index >= 15 is 0 Å². The summed E-state index contributed by atoms with van der Waals surface area (Å²) in [7, 11) is 0. The zero-order valence-corrected chi connectivity index (χ0v) is 17.7. The Balaban J connectivity index is 1.46. The van der Waals surface area contributed by atoms with E-state index in [1.807, 2.05) is 68.4 Å². The molecule has 2 N–H and O–H groups in total. The molecule has 0 aliphatic rings. The van der Waals surface area contributed by atoms with Crippen LogP contribution in [0.5, 0.6) is 11.5 Å². The summed E-state index contributed by atoms with van der Waals surface area (Å²) in [5, 5.41) is 6.15. The lowest BCUT2D eigenvalue weighted by Crippen LogP contribution is -2.22. The topological polar surface area (TPSA) is 59.6 Å². The lowest BCUT2D eigenvalue weighted by atomic mass is 10.1. The molecule has 3 aromatic carbocycles. The number of aryl methyl sites for hydroxylation is 3. The number of benzene rings is 3. The maximum atomic E-state index is 12.4. The number of hydrogen-bond donors (Lipinski definition) is 2. The summed E-state index contributed by atoms with van der Waals surface area (Å²) in [5.74, 6) is 1.46. The zero-order valence-electron chi connectivity index (χ0n) is 17.7. The van der Waals surface area contributed by atoms with Crippen molar-refractivity contribution in [1.29, 1.82) is 0 Å². The van der Waals surface area contributed by atoms with Gasteiger partial charge in [-0.25, -0.2) is 0 Å². The Morgan fingerprint density at radius 3 is 2.13 bits per heavy atom. The highest BCUT2D eigenvalue weighted by Gasteiger charge is 2.08. The van der Waals surface area contributed by atoms with Gasteiger partial charge in [0.05, 0.1) is 6.54 Å². The van der Waals surface area contributed by atoms with Gasteiger partial charge in [-0.15, -0.1) is 0 Å². The number of carbonyl (C=O) groups is 1. The second-order valence-electron chi connectivity index (χ2n) is 7.21. The monoisotopic (exact) mass is 404 g/mol. The summed E-state index contributed by atoms with van der Waals surface area (Å²) in [6.45, 7) is 7.13. The predicted octanol–water partition coefficient (Wildman–Crippen LogP) is 5.12. The summed E-state index contributed by atoms with van der Waals surface area (Å²) in [6.07, 6.45) is 0. The van der Waals surface area contributed by atoms with Gasteiger partial charge in [0.15, 0.2) is 0 Å². The van der Waals surface area contributed by atoms with Crippen LogP contribution in [0.2, 0.25) is 0 Å². The van der Waals surface area contributed by atoms with Gasteiger partial charge in [0.25, 0.3) is 0 Å². The fourth-order valence-electron chi connectivity index (χ4n) is 3.27. The van der Waals surface area contributed by atoms with Crippen molar-refractivity contribution < 1.29 is 14.3 Å². The second-order valence-corrected chi connectivity index (χ2v) is 7.21. The Kier molecular flexibility index (Phi) is 7.33. The number of para-hydroxylation sites is 1. The third-order valence-electron chi connectivity index (χ3n) is 4.59. The lowest BCUT2D eigenvalue weighted by molar-refractivity contribution is -0.114. The van der Waals surface area contributed by atoms with Crippen LogP contribution in [-0.4, -0.2) is 25.7 Å². The molecule has 3 rings (SSSR count). The SMILES string of the molecule is Cc1cc(C)c(NC(=O)CNc2cccc(OCCOc3ccccc3)c2)c(C)c1. The van der Waals surface area contributed by atoms with Crippen molar-refractivity contribution in [3.05, 3.63) is 83.4 Å². The zero-order chi connectivity index (χ0) is 21.3. The molecule has 0 aliphatic carbocycles. The van der Waals surface area contributed by atoms with E-state index in [2.05, 4.69) is 29.7 Å². The van der Waals surface area contributed by atoms with Gasteiger partial charge in [-0.2, -0.15) is 0 Å². The van der Waals surface area contributed by atoms with E-state index in [-0.39, 0.29) is 12.5 Å². The molecule has 0 unspecified atom stereocenters. The van der Waals surface area contributed by atoms with Gasteiger partial charge < -0.3 is 20.1 Å². The first-order valence-corrected chi connectivity index (χ1v) is 10.0. The third-order valence-corrected chi connectivity index (χ3v) is 4.59. The van der Waals surface area contributed by atoms with E-state index < -0.39 is 0 Å². The minimum Gasteiger partial charge on any atom is -0.490 e. The highest BCUT2D eigenvalue weighted by molar-refractivity contribution is 5.95. The van der Waals surface area contributed by atoms with Gasteiger partial charge in [-0.1, -0.05) is 42.0 Å². The average Bonchev–Trinajstić information content (AvgIpc) is 2.73. The smallest absolute Gasteiger partial charge is 0.243 e. The van der Waals surface area contributed by atoms with Crippen molar-refractivity contribution in [2.75, 3.05) is 30.4 Å².